The minimum atomic E-state index is -0.0481. The van der Waals surface area contributed by atoms with Crippen molar-refractivity contribution in [2.75, 3.05) is 19.7 Å². The molecule has 0 saturated carbocycles. The monoisotopic (exact) mass is 285 g/mol. The fourth-order valence-electron chi connectivity index (χ4n) is 2.61. The van der Waals surface area contributed by atoms with Crippen LogP contribution in [0.5, 0.6) is 0 Å². The first-order chi connectivity index (χ1) is 10.3. The lowest BCUT2D eigenvalue weighted by atomic mass is 10.1. The summed E-state index contributed by atoms with van der Waals surface area (Å²) in [6.45, 7) is 1.85. The molecule has 0 bridgehead atoms. The molecule has 2 heterocycles. The van der Waals surface area contributed by atoms with Crippen LogP contribution in [-0.2, 0) is 11.2 Å². The molecule has 0 aliphatic carbocycles. The zero-order chi connectivity index (χ0) is 14.5. The molecular formula is C17H19NO3. The van der Waals surface area contributed by atoms with E-state index in [1.54, 1.807) is 12.1 Å². The number of amides is 1. The van der Waals surface area contributed by atoms with E-state index in [0.717, 1.165) is 12.8 Å². The molecule has 1 aromatic heterocycles. The van der Waals surface area contributed by atoms with E-state index in [-0.39, 0.29) is 12.0 Å². The minimum Gasteiger partial charge on any atom is -0.459 e. The van der Waals surface area contributed by atoms with Gasteiger partial charge in [-0.2, -0.15) is 0 Å². The third-order valence-corrected chi connectivity index (χ3v) is 3.76. The molecule has 21 heavy (non-hydrogen) atoms. The summed E-state index contributed by atoms with van der Waals surface area (Å²) in [6, 6.07) is 13.8. The van der Waals surface area contributed by atoms with Gasteiger partial charge in [0.05, 0.1) is 19.0 Å². The summed E-state index contributed by atoms with van der Waals surface area (Å²) < 4.78 is 11.0. The van der Waals surface area contributed by atoms with Crippen LogP contribution < -0.4 is 0 Å². The van der Waals surface area contributed by atoms with Crippen molar-refractivity contribution in [3.63, 3.8) is 0 Å². The third-order valence-electron chi connectivity index (χ3n) is 3.76. The van der Waals surface area contributed by atoms with Crippen LogP contribution in [0, 0.1) is 0 Å². The van der Waals surface area contributed by atoms with Crippen molar-refractivity contribution < 1.29 is 13.9 Å². The Morgan fingerprint density at radius 1 is 1.19 bits per heavy atom. The van der Waals surface area contributed by atoms with Crippen molar-refractivity contribution in [3.05, 3.63) is 60.1 Å². The molecule has 1 aliphatic rings. The predicted molar refractivity (Wildman–Crippen MR) is 79.1 cm³/mol. The first-order valence-electron chi connectivity index (χ1n) is 7.31. The van der Waals surface area contributed by atoms with Gasteiger partial charge in [-0.15, -0.1) is 0 Å². The number of rotatable bonds is 4. The molecule has 4 nitrogen and oxygen atoms in total. The van der Waals surface area contributed by atoms with Gasteiger partial charge in [0.25, 0.3) is 5.91 Å². The average molecular weight is 285 g/mol. The van der Waals surface area contributed by atoms with Crippen molar-refractivity contribution in [2.24, 2.45) is 0 Å². The number of hydrogen-bond donors (Lipinski definition) is 0. The van der Waals surface area contributed by atoms with Crippen LogP contribution in [0.2, 0.25) is 0 Å². The fourth-order valence-corrected chi connectivity index (χ4v) is 2.61. The fraction of sp³-hybridized carbons (Fsp3) is 0.353. The second-order valence-corrected chi connectivity index (χ2v) is 5.25. The van der Waals surface area contributed by atoms with E-state index in [9.17, 15) is 4.79 Å². The molecule has 110 valence electrons. The Kier molecular flexibility index (Phi) is 4.36. The number of ether oxygens (including phenoxy) is 1. The SMILES string of the molecule is O=C(c1ccco1)N1CCO[C@H](CCc2ccccc2)C1. The Morgan fingerprint density at radius 2 is 2.05 bits per heavy atom. The zero-order valence-electron chi connectivity index (χ0n) is 11.9. The van der Waals surface area contributed by atoms with Crippen molar-refractivity contribution in [3.8, 4) is 0 Å². The number of aryl methyl sites for hydroxylation is 1. The lowest BCUT2D eigenvalue weighted by molar-refractivity contribution is -0.0255. The van der Waals surface area contributed by atoms with Gasteiger partial charge in [0, 0.05) is 13.1 Å². The maximum Gasteiger partial charge on any atom is 0.289 e. The van der Waals surface area contributed by atoms with E-state index in [1.807, 2.05) is 23.1 Å². The maximum atomic E-state index is 12.3. The normalized spacial score (nSPS) is 18.7. The van der Waals surface area contributed by atoms with Crippen LogP contribution in [0.1, 0.15) is 22.5 Å². The molecule has 0 radical (unpaired) electrons. The molecule has 3 rings (SSSR count). The van der Waals surface area contributed by atoms with Crippen LogP contribution >= 0.6 is 0 Å². The van der Waals surface area contributed by atoms with Crippen molar-refractivity contribution in [1.29, 1.82) is 0 Å². The highest BCUT2D eigenvalue weighted by Crippen LogP contribution is 2.15. The smallest absolute Gasteiger partial charge is 0.289 e. The molecule has 0 unspecified atom stereocenters. The van der Waals surface area contributed by atoms with Gasteiger partial charge in [-0.1, -0.05) is 30.3 Å². The molecule has 1 aromatic carbocycles. The summed E-state index contributed by atoms with van der Waals surface area (Å²) in [5, 5.41) is 0. The van der Waals surface area contributed by atoms with Gasteiger partial charge in [0.15, 0.2) is 5.76 Å². The molecule has 1 amide bonds. The van der Waals surface area contributed by atoms with Crippen LogP contribution in [0.25, 0.3) is 0 Å². The minimum absolute atomic E-state index is 0.0481. The van der Waals surface area contributed by atoms with E-state index in [4.69, 9.17) is 9.15 Å². The van der Waals surface area contributed by atoms with E-state index in [1.165, 1.54) is 11.8 Å². The van der Waals surface area contributed by atoms with Gasteiger partial charge in [0.1, 0.15) is 0 Å². The second-order valence-electron chi connectivity index (χ2n) is 5.25. The molecule has 0 N–H and O–H groups in total. The quantitative estimate of drug-likeness (QED) is 0.867. The summed E-state index contributed by atoms with van der Waals surface area (Å²) in [5.74, 6) is 0.353. The van der Waals surface area contributed by atoms with Crippen LogP contribution in [-0.4, -0.2) is 36.6 Å². The molecule has 4 heteroatoms. The summed E-state index contributed by atoms with van der Waals surface area (Å²) in [7, 11) is 0. The van der Waals surface area contributed by atoms with Gasteiger partial charge in [-0.05, 0) is 30.5 Å². The number of carbonyl (C=O) groups excluding carboxylic acids is 1. The summed E-state index contributed by atoms with van der Waals surface area (Å²) in [6.07, 6.45) is 3.51. The predicted octanol–water partition coefficient (Wildman–Crippen LogP) is 2.75. The summed E-state index contributed by atoms with van der Waals surface area (Å²) in [5.41, 5.74) is 1.30. The topological polar surface area (TPSA) is 42.7 Å². The summed E-state index contributed by atoms with van der Waals surface area (Å²) in [4.78, 5) is 14.1. The Morgan fingerprint density at radius 3 is 2.81 bits per heavy atom. The van der Waals surface area contributed by atoms with E-state index in [2.05, 4.69) is 12.1 Å². The standard InChI is InChI=1S/C17H19NO3/c19-17(16-7-4-11-21-16)18-10-12-20-15(13-18)9-8-14-5-2-1-3-6-14/h1-7,11,15H,8-10,12-13H2/t15-/m1/s1. The third kappa shape index (κ3) is 3.52. The number of furan rings is 1. The zero-order valence-corrected chi connectivity index (χ0v) is 11.9. The van der Waals surface area contributed by atoms with E-state index < -0.39 is 0 Å². The molecule has 1 atom stereocenters. The van der Waals surface area contributed by atoms with Gasteiger partial charge in [0.2, 0.25) is 0 Å². The number of carbonyl (C=O) groups is 1. The number of benzene rings is 1. The lowest BCUT2D eigenvalue weighted by Gasteiger charge is -2.32. The van der Waals surface area contributed by atoms with Crippen molar-refractivity contribution >= 4 is 5.91 Å². The van der Waals surface area contributed by atoms with E-state index >= 15 is 0 Å². The molecule has 1 saturated heterocycles. The second kappa shape index (κ2) is 6.59. The molecule has 1 aliphatic heterocycles. The molecule has 1 fully saturated rings. The number of hydrogen-bond acceptors (Lipinski definition) is 3. The van der Waals surface area contributed by atoms with Gasteiger partial charge < -0.3 is 14.1 Å². The van der Waals surface area contributed by atoms with Crippen LogP contribution in [0.3, 0.4) is 0 Å². The highest BCUT2D eigenvalue weighted by atomic mass is 16.5. The number of nitrogens with zero attached hydrogens (tertiary/aromatic N) is 1. The van der Waals surface area contributed by atoms with Crippen LogP contribution in [0.15, 0.2) is 53.1 Å². The Hall–Kier alpha value is -2.07. The van der Waals surface area contributed by atoms with Gasteiger partial charge in [-0.25, -0.2) is 0 Å². The van der Waals surface area contributed by atoms with E-state index in [0.29, 0.717) is 25.5 Å². The Labute approximate surface area is 124 Å². The van der Waals surface area contributed by atoms with Gasteiger partial charge >= 0.3 is 0 Å². The summed E-state index contributed by atoms with van der Waals surface area (Å²) >= 11 is 0. The van der Waals surface area contributed by atoms with Crippen LogP contribution in [0.4, 0.5) is 0 Å². The molecule has 2 aromatic rings. The highest BCUT2D eigenvalue weighted by molar-refractivity contribution is 5.91. The first-order valence-corrected chi connectivity index (χ1v) is 7.31. The van der Waals surface area contributed by atoms with Crippen molar-refractivity contribution in [2.45, 2.75) is 18.9 Å². The molecular weight excluding hydrogens is 266 g/mol. The number of morpholine rings is 1. The largest absolute Gasteiger partial charge is 0.459 e. The maximum absolute atomic E-state index is 12.3. The average Bonchev–Trinajstić information content (AvgIpc) is 3.08. The Balaban J connectivity index is 1.55. The highest BCUT2D eigenvalue weighted by Gasteiger charge is 2.26. The Bertz CT molecular complexity index is 565. The lowest BCUT2D eigenvalue weighted by Crippen LogP contribution is -2.45. The first kappa shape index (κ1) is 13.9. The molecule has 0 spiro atoms. The van der Waals surface area contributed by atoms with Gasteiger partial charge in [-0.3, -0.25) is 4.79 Å². The van der Waals surface area contributed by atoms with Crippen molar-refractivity contribution in [1.82, 2.24) is 4.90 Å².